The molecule has 0 unspecified atom stereocenters. The van der Waals surface area contributed by atoms with Crippen molar-refractivity contribution in [3.63, 3.8) is 0 Å². The molecule has 0 fully saturated rings. The van der Waals surface area contributed by atoms with Crippen molar-refractivity contribution in [2.24, 2.45) is 5.73 Å². The van der Waals surface area contributed by atoms with E-state index in [1.807, 2.05) is 69.3 Å². The molecule has 0 heterocycles. The van der Waals surface area contributed by atoms with Gasteiger partial charge in [-0.2, -0.15) is 0 Å². The fourth-order valence-electron chi connectivity index (χ4n) is 1.96. The monoisotopic (exact) mass is 285 g/mol. The maximum Gasteiger partial charge on any atom is 0.122 e. The van der Waals surface area contributed by atoms with E-state index < -0.39 is 5.54 Å². The van der Waals surface area contributed by atoms with Crippen molar-refractivity contribution < 1.29 is 9.47 Å². The molecule has 3 heteroatoms. The summed E-state index contributed by atoms with van der Waals surface area (Å²) in [5.74, 6) is 1.73. The molecule has 0 aliphatic carbocycles. The SMILES string of the molecule is Cc1ccccc1OCC(C)(N)COc1ccccc1C. The largest absolute Gasteiger partial charge is 0.491 e. The van der Waals surface area contributed by atoms with Crippen LogP contribution >= 0.6 is 0 Å². The van der Waals surface area contributed by atoms with E-state index >= 15 is 0 Å². The number of para-hydroxylation sites is 2. The summed E-state index contributed by atoms with van der Waals surface area (Å²) < 4.78 is 11.6. The first-order valence-electron chi connectivity index (χ1n) is 7.14. The number of ether oxygens (including phenoxy) is 2. The highest BCUT2D eigenvalue weighted by Crippen LogP contribution is 2.19. The van der Waals surface area contributed by atoms with Gasteiger partial charge in [-0.3, -0.25) is 0 Å². The van der Waals surface area contributed by atoms with Crippen molar-refractivity contribution in [3.05, 3.63) is 59.7 Å². The van der Waals surface area contributed by atoms with Gasteiger partial charge >= 0.3 is 0 Å². The van der Waals surface area contributed by atoms with Crippen molar-refractivity contribution in [1.29, 1.82) is 0 Å². The van der Waals surface area contributed by atoms with Crippen molar-refractivity contribution in [1.82, 2.24) is 0 Å². The van der Waals surface area contributed by atoms with Crippen molar-refractivity contribution in [3.8, 4) is 11.5 Å². The van der Waals surface area contributed by atoms with Gasteiger partial charge in [0, 0.05) is 0 Å². The second-order valence-corrected chi connectivity index (χ2v) is 5.76. The molecule has 0 bridgehead atoms. The van der Waals surface area contributed by atoms with Gasteiger partial charge in [0.2, 0.25) is 0 Å². The fraction of sp³-hybridized carbons (Fsp3) is 0.333. The summed E-state index contributed by atoms with van der Waals surface area (Å²) in [5, 5.41) is 0. The molecule has 0 amide bonds. The first-order chi connectivity index (χ1) is 9.98. The van der Waals surface area contributed by atoms with Gasteiger partial charge in [0.25, 0.3) is 0 Å². The molecule has 2 N–H and O–H groups in total. The zero-order chi connectivity index (χ0) is 15.3. The standard InChI is InChI=1S/C18H23NO2/c1-14-8-4-6-10-16(14)20-12-18(3,19)13-21-17-11-7-5-9-15(17)2/h4-11H,12-13,19H2,1-3H3. The molecule has 2 aromatic carbocycles. The Bertz CT molecular complexity index is 542. The lowest BCUT2D eigenvalue weighted by atomic mass is 10.1. The topological polar surface area (TPSA) is 44.5 Å². The summed E-state index contributed by atoms with van der Waals surface area (Å²) in [4.78, 5) is 0. The Morgan fingerprint density at radius 2 is 1.19 bits per heavy atom. The molecule has 0 aliphatic heterocycles. The maximum absolute atomic E-state index is 6.26. The summed E-state index contributed by atoms with van der Waals surface area (Å²) in [6.45, 7) is 6.79. The summed E-state index contributed by atoms with van der Waals surface area (Å²) >= 11 is 0. The Labute approximate surface area is 126 Å². The van der Waals surface area contributed by atoms with Gasteiger partial charge in [0.1, 0.15) is 24.7 Å². The number of rotatable bonds is 6. The van der Waals surface area contributed by atoms with Crippen molar-refractivity contribution in [2.75, 3.05) is 13.2 Å². The van der Waals surface area contributed by atoms with Gasteiger partial charge in [-0.15, -0.1) is 0 Å². The van der Waals surface area contributed by atoms with Crippen molar-refractivity contribution >= 4 is 0 Å². The van der Waals surface area contributed by atoms with Crippen LogP contribution in [0.4, 0.5) is 0 Å². The Morgan fingerprint density at radius 3 is 1.57 bits per heavy atom. The highest BCUT2D eigenvalue weighted by molar-refractivity contribution is 5.32. The molecule has 2 rings (SSSR count). The van der Waals surface area contributed by atoms with E-state index in [0.717, 1.165) is 22.6 Å². The molecule has 0 aromatic heterocycles. The third-order valence-electron chi connectivity index (χ3n) is 3.30. The van der Waals surface area contributed by atoms with Gasteiger partial charge in [-0.1, -0.05) is 36.4 Å². The second-order valence-electron chi connectivity index (χ2n) is 5.76. The minimum absolute atomic E-state index is 0.406. The van der Waals surface area contributed by atoms with E-state index in [-0.39, 0.29) is 0 Å². The third kappa shape index (κ3) is 4.50. The highest BCUT2D eigenvalue weighted by Gasteiger charge is 2.21. The van der Waals surface area contributed by atoms with Crippen LogP contribution in [-0.4, -0.2) is 18.8 Å². The van der Waals surface area contributed by atoms with E-state index in [4.69, 9.17) is 15.2 Å². The normalized spacial score (nSPS) is 11.2. The first kappa shape index (κ1) is 15.4. The van der Waals surface area contributed by atoms with Gasteiger partial charge in [0.15, 0.2) is 0 Å². The quantitative estimate of drug-likeness (QED) is 0.883. The highest BCUT2D eigenvalue weighted by atomic mass is 16.5. The zero-order valence-electron chi connectivity index (χ0n) is 12.9. The molecule has 0 radical (unpaired) electrons. The van der Waals surface area contributed by atoms with Crippen LogP contribution in [0.5, 0.6) is 11.5 Å². The lowest BCUT2D eigenvalue weighted by Crippen LogP contribution is -2.47. The smallest absolute Gasteiger partial charge is 0.122 e. The summed E-state index contributed by atoms with van der Waals surface area (Å²) in [5.41, 5.74) is 7.92. The number of hydrogen-bond donors (Lipinski definition) is 1. The van der Waals surface area contributed by atoms with E-state index in [1.54, 1.807) is 0 Å². The predicted octanol–water partition coefficient (Wildman–Crippen LogP) is 3.48. The lowest BCUT2D eigenvalue weighted by Gasteiger charge is -2.25. The Kier molecular flexibility index (Phi) is 4.86. The van der Waals surface area contributed by atoms with Crippen LogP contribution in [0.1, 0.15) is 18.1 Å². The fourth-order valence-corrected chi connectivity index (χ4v) is 1.96. The van der Waals surface area contributed by atoms with Gasteiger partial charge in [-0.25, -0.2) is 0 Å². The van der Waals surface area contributed by atoms with Crippen LogP contribution < -0.4 is 15.2 Å². The van der Waals surface area contributed by atoms with Crippen LogP contribution in [0.15, 0.2) is 48.5 Å². The summed E-state index contributed by atoms with van der Waals surface area (Å²) in [6, 6.07) is 15.8. The molecular weight excluding hydrogens is 262 g/mol. The van der Waals surface area contributed by atoms with Crippen LogP contribution in [0.3, 0.4) is 0 Å². The van der Waals surface area contributed by atoms with E-state index in [2.05, 4.69) is 0 Å². The molecular formula is C18H23NO2. The summed E-state index contributed by atoms with van der Waals surface area (Å²) in [6.07, 6.45) is 0. The molecule has 0 atom stereocenters. The summed E-state index contributed by atoms with van der Waals surface area (Å²) in [7, 11) is 0. The third-order valence-corrected chi connectivity index (χ3v) is 3.30. The van der Waals surface area contributed by atoms with Crippen LogP contribution in [0.2, 0.25) is 0 Å². The van der Waals surface area contributed by atoms with Crippen LogP contribution in [-0.2, 0) is 0 Å². The molecule has 0 saturated heterocycles. The second kappa shape index (κ2) is 6.64. The molecule has 2 aromatic rings. The maximum atomic E-state index is 6.26. The Morgan fingerprint density at radius 1 is 0.810 bits per heavy atom. The average molecular weight is 285 g/mol. The van der Waals surface area contributed by atoms with E-state index in [1.165, 1.54) is 0 Å². The minimum Gasteiger partial charge on any atom is -0.491 e. The Hall–Kier alpha value is -2.00. The van der Waals surface area contributed by atoms with Gasteiger partial charge < -0.3 is 15.2 Å². The zero-order valence-corrected chi connectivity index (χ0v) is 12.9. The van der Waals surface area contributed by atoms with Crippen LogP contribution in [0.25, 0.3) is 0 Å². The number of hydrogen-bond acceptors (Lipinski definition) is 3. The van der Waals surface area contributed by atoms with E-state index in [0.29, 0.717) is 13.2 Å². The number of benzene rings is 2. The Balaban J connectivity index is 1.90. The molecule has 112 valence electrons. The molecule has 3 nitrogen and oxygen atoms in total. The minimum atomic E-state index is -0.551. The lowest BCUT2D eigenvalue weighted by molar-refractivity contribution is 0.158. The number of nitrogens with two attached hydrogens (primary N) is 1. The van der Waals surface area contributed by atoms with E-state index in [9.17, 15) is 0 Å². The van der Waals surface area contributed by atoms with Crippen LogP contribution in [0, 0.1) is 13.8 Å². The predicted molar refractivity (Wildman–Crippen MR) is 85.9 cm³/mol. The first-order valence-corrected chi connectivity index (χ1v) is 7.14. The van der Waals surface area contributed by atoms with Gasteiger partial charge in [-0.05, 0) is 44.0 Å². The molecule has 0 saturated carbocycles. The molecule has 0 spiro atoms. The van der Waals surface area contributed by atoms with Crippen molar-refractivity contribution in [2.45, 2.75) is 26.3 Å². The molecule has 21 heavy (non-hydrogen) atoms. The number of aryl methyl sites for hydroxylation is 2. The average Bonchev–Trinajstić information content (AvgIpc) is 2.46. The van der Waals surface area contributed by atoms with Gasteiger partial charge in [0.05, 0.1) is 5.54 Å². The molecule has 0 aliphatic rings.